The Morgan fingerprint density at radius 3 is 2.65 bits per heavy atom. The Balaban J connectivity index is 1.67. The molecule has 2 N–H and O–H groups in total. The van der Waals surface area contributed by atoms with Crippen molar-refractivity contribution in [1.29, 1.82) is 0 Å². The maximum Gasteiger partial charge on any atom is 0.211 e. The van der Waals surface area contributed by atoms with Gasteiger partial charge in [-0.2, -0.15) is 0 Å². The third-order valence-corrected chi connectivity index (χ3v) is 5.89. The summed E-state index contributed by atoms with van der Waals surface area (Å²) in [5.41, 5.74) is 0. The van der Waals surface area contributed by atoms with Gasteiger partial charge < -0.3 is 5.32 Å². The second-order valence-electron chi connectivity index (χ2n) is 6.19. The molecule has 2 heterocycles. The molecule has 0 spiro atoms. The van der Waals surface area contributed by atoms with Crippen LogP contribution < -0.4 is 10.0 Å². The van der Waals surface area contributed by atoms with E-state index in [0.29, 0.717) is 18.6 Å². The van der Waals surface area contributed by atoms with Crippen molar-refractivity contribution in [2.75, 3.05) is 31.9 Å². The van der Waals surface area contributed by atoms with Crippen molar-refractivity contribution in [3.8, 4) is 0 Å². The Hall–Kier alpha value is -0.170. The minimum Gasteiger partial charge on any atom is -0.314 e. The molecule has 0 radical (unpaired) electrons. The Morgan fingerprint density at radius 1 is 1.25 bits per heavy atom. The maximum atomic E-state index is 12.0. The molecule has 20 heavy (non-hydrogen) atoms. The SMILES string of the molecule is CC(CNS(=O)(=O)CCC1CCCCN1)N1CCCC1. The monoisotopic (exact) mass is 303 g/mol. The van der Waals surface area contributed by atoms with E-state index in [1.807, 2.05) is 0 Å². The topological polar surface area (TPSA) is 61.4 Å². The molecular weight excluding hydrogens is 274 g/mol. The third kappa shape index (κ3) is 5.31. The first-order valence-electron chi connectivity index (χ1n) is 8.01. The Kier molecular flexibility index (Phi) is 6.26. The number of nitrogens with one attached hydrogen (secondary N) is 2. The summed E-state index contributed by atoms with van der Waals surface area (Å²) in [5, 5.41) is 3.40. The summed E-state index contributed by atoms with van der Waals surface area (Å²) in [7, 11) is -3.12. The molecular formula is C14H29N3O2S. The van der Waals surface area contributed by atoms with Crippen molar-refractivity contribution < 1.29 is 8.42 Å². The van der Waals surface area contributed by atoms with E-state index in [9.17, 15) is 8.42 Å². The van der Waals surface area contributed by atoms with Crippen LogP contribution in [0.3, 0.4) is 0 Å². The standard InChI is InChI=1S/C14H29N3O2S/c1-13(17-9-4-5-10-17)12-16-20(18,19)11-7-14-6-2-3-8-15-14/h13-16H,2-12H2,1H3. The van der Waals surface area contributed by atoms with Gasteiger partial charge in [-0.3, -0.25) is 4.90 Å². The molecule has 5 nitrogen and oxygen atoms in total. The number of sulfonamides is 1. The third-order valence-electron chi connectivity index (χ3n) is 4.51. The maximum absolute atomic E-state index is 12.0. The van der Waals surface area contributed by atoms with E-state index < -0.39 is 10.0 Å². The number of piperidine rings is 1. The molecule has 6 heteroatoms. The Morgan fingerprint density at radius 2 is 2.00 bits per heavy atom. The molecule has 0 aromatic carbocycles. The first-order chi connectivity index (χ1) is 9.57. The van der Waals surface area contributed by atoms with Gasteiger partial charge in [0.05, 0.1) is 5.75 Å². The summed E-state index contributed by atoms with van der Waals surface area (Å²) < 4.78 is 26.8. The van der Waals surface area contributed by atoms with Gasteiger partial charge in [0.15, 0.2) is 0 Å². The van der Waals surface area contributed by atoms with Crippen LogP contribution in [0.5, 0.6) is 0 Å². The van der Waals surface area contributed by atoms with Crippen LogP contribution in [0, 0.1) is 0 Å². The van der Waals surface area contributed by atoms with Gasteiger partial charge in [-0.25, -0.2) is 13.1 Å². The lowest BCUT2D eigenvalue weighted by molar-refractivity contribution is 0.260. The second kappa shape index (κ2) is 7.73. The first kappa shape index (κ1) is 16.2. The number of nitrogens with zero attached hydrogens (tertiary/aromatic N) is 1. The van der Waals surface area contributed by atoms with Crippen LogP contribution in [-0.2, 0) is 10.0 Å². The van der Waals surface area contributed by atoms with Crippen molar-refractivity contribution in [1.82, 2.24) is 14.9 Å². The van der Waals surface area contributed by atoms with Crippen LogP contribution in [-0.4, -0.2) is 57.3 Å². The minimum absolute atomic E-state index is 0.247. The minimum atomic E-state index is -3.12. The zero-order valence-corrected chi connectivity index (χ0v) is 13.4. The molecule has 2 saturated heterocycles. The quantitative estimate of drug-likeness (QED) is 0.734. The zero-order chi connectivity index (χ0) is 14.4. The summed E-state index contributed by atoms with van der Waals surface area (Å²) in [4.78, 5) is 2.37. The van der Waals surface area contributed by atoms with E-state index in [2.05, 4.69) is 21.9 Å². The summed E-state index contributed by atoms with van der Waals surface area (Å²) in [5.74, 6) is 0.247. The summed E-state index contributed by atoms with van der Waals surface area (Å²) in [6.45, 7) is 5.89. The van der Waals surface area contributed by atoms with E-state index in [4.69, 9.17) is 0 Å². The molecule has 2 unspecified atom stereocenters. The largest absolute Gasteiger partial charge is 0.314 e. The average molecular weight is 303 g/mol. The lowest BCUT2D eigenvalue weighted by Crippen LogP contribution is -2.42. The molecule has 2 rings (SSSR count). The van der Waals surface area contributed by atoms with E-state index >= 15 is 0 Å². The van der Waals surface area contributed by atoms with Gasteiger partial charge in [0.2, 0.25) is 10.0 Å². The predicted molar refractivity (Wildman–Crippen MR) is 82.3 cm³/mol. The Bertz CT molecular complexity index is 374. The highest BCUT2D eigenvalue weighted by Gasteiger charge is 2.21. The van der Waals surface area contributed by atoms with Crippen LogP contribution >= 0.6 is 0 Å². The zero-order valence-electron chi connectivity index (χ0n) is 12.6. The average Bonchev–Trinajstić information content (AvgIpc) is 2.98. The van der Waals surface area contributed by atoms with Gasteiger partial charge in [-0.15, -0.1) is 0 Å². The van der Waals surface area contributed by atoms with Crippen molar-refractivity contribution in [2.24, 2.45) is 0 Å². The van der Waals surface area contributed by atoms with E-state index in [0.717, 1.165) is 32.5 Å². The smallest absolute Gasteiger partial charge is 0.211 e. The van der Waals surface area contributed by atoms with Gasteiger partial charge in [0.1, 0.15) is 0 Å². The fourth-order valence-electron chi connectivity index (χ4n) is 3.10. The molecule has 0 bridgehead atoms. The molecule has 0 saturated carbocycles. The molecule has 0 amide bonds. The first-order valence-corrected chi connectivity index (χ1v) is 9.67. The second-order valence-corrected chi connectivity index (χ2v) is 8.12. The normalized spacial score (nSPS) is 26.8. The highest BCUT2D eigenvalue weighted by molar-refractivity contribution is 7.89. The number of hydrogen-bond donors (Lipinski definition) is 2. The summed E-state index contributed by atoms with van der Waals surface area (Å²) in [6, 6.07) is 0.691. The molecule has 0 aromatic rings. The predicted octanol–water partition coefficient (Wildman–Crippen LogP) is 0.922. The van der Waals surface area contributed by atoms with Crippen LogP contribution in [0.15, 0.2) is 0 Å². The molecule has 2 aliphatic heterocycles. The fraction of sp³-hybridized carbons (Fsp3) is 1.00. The van der Waals surface area contributed by atoms with Crippen LogP contribution in [0.25, 0.3) is 0 Å². The van der Waals surface area contributed by atoms with Crippen molar-refractivity contribution in [3.63, 3.8) is 0 Å². The lowest BCUT2D eigenvalue weighted by Gasteiger charge is -2.25. The van der Waals surface area contributed by atoms with Gasteiger partial charge in [-0.1, -0.05) is 6.42 Å². The van der Waals surface area contributed by atoms with Gasteiger partial charge in [-0.05, 0) is 58.7 Å². The molecule has 2 fully saturated rings. The lowest BCUT2D eigenvalue weighted by atomic mass is 10.0. The number of likely N-dealkylation sites (tertiary alicyclic amines) is 1. The Labute approximate surface area is 123 Å². The molecule has 2 aliphatic rings. The van der Waals surface area contributed by atoms with Crippen molar-refractivity contribution in [3.05, 3.63) is 0 Å². The van der Waals surface area contributed by atoms with Crippen LogP contribution in [0.1, 0.15) is 45.4 Å². The molecule has 118 valence electrons. The number of hydrogen-bond acceptors (Lipinski definition) is 4. The van der Waals surface area contributed by atoms with Crippen LogP contribution in [0.4, 0.5) is 0 Å². The summed E-state index contributed by atoms with van der Waals surface area (Å²) >= 11 is 0. The van der Waals surface area contributed by atoms with E-state index in [1.54, 1.807) is 0 Å². The van der Waals surface area contributed by atoms with Crippen LogP contribution in [0.2, 0.25) is 0 Å². The van der Waals surface area contributed by atoms with E-state index in [-0.39, 0.29) is 5.75 Å². The van der Waals surface area contributed by atoms with Gasteiger partial charge in [0.25, 0.3) is 0 Å². The highest BCUT2D eigenvalue weighted by Crippen LogP contribution is 2.12. The molecule has 0 aromatic heterocycles. The van der Waals surface area contributed by atoms with Gasteiger partial charge in [0, 0.05) is 18.6 Å². The van der Waals surface area contributed by atoms with Crippen molar-refractivity contribution >= 4 is 10.0 Å². The van der Waals surface area contributed by atoms with Crippen molar-refractivity contribution in [2.45, 2.75) is 57.5 Å². The van der Waals surface area contributed by atoms with E-state index in [1.165, 1.54) is 25.7 Å². The fourth-order valence-corrected chi connectivity index (χ4v) is 4.33. The molecule has 2 atom stereocenters. The highest BCUT2D eigenvalue weighted by atomic mass is 32.2. The van der Waals surface area contributed by atoms with Gasteiger partial charge >= 0.3 is 0 Å². The summed E-state index contributed by atoms with van der Waals surface area (Å²) in [6.07, 6.45) is 6.76. The molecule has 0 aliphatic carbocycles. The number of rotatable bonds is 7.